The van der Waals surface area contributed by atoms with Crippen molar-refractivity contribution in [1.82, 2.24) is 9.13 Å². The molecule has 0 atom stereocenters. The minimum Gasteiger partial charge on any atom is -0.488 e. The molecule has 0 saturated carbocycles. The van der Waals surface area contributed by atoms with E-state index in [2.05, 4.69) is 0 Å². The van der Waals surface area contributed by atoms with Gasteiger partial charge in [-0.15, -0.1) is 0 Å². The van der Waals surface area contributed by atoms with Gasteiger partial charge in [-0.05, 0) is 43.2 Å². The highest BCUT2D eigenvalue weighted by Crippen LogP contribution is 2.31. The Morgan fingerprint density at radius 2 is 1.77 bits per heavy atom. The predicted molar refractivity (Wildman–Crippen MR) is 119 cm³/mol. The minimum absolute atomic E-state index is 0.0542. The highest BCUT2D eigenvalue weighted by atomic mass is 32.2. The van der Waals surface area contributed by atoms with Crippen molar-refractivity contribution in [1.29, 1.82) is 0 Å². The maximum atomic E-state index is 12.8. The van der Waals surface area contributed by atoms with E-state index in [9.17, 15) is 21.6 Å². The zero-order valence-electron chi connectivity index (χ0n) is 17.3. The van der Waals surface area contributed by atoms with E-state index >= 15 is 0 Å². The first-order chi connectivity index (χ1) is 14.6. The van der Waals surface area contributed by atoms with Gasteiger partial charge in [-0.3, -0.25) is 4.79 Å². The van der Waals surface area contributed by atoms with E-state index in [0.717, 1.165) is 5.39 Å². The number of aromatic nitrogens is 2. The third-order valence-electron chi connectivity index (χ3n) is 5.64. The zero-order chi connectivity index (χ0) is 22.4. The molecule has 3 aromatic rings. The van der Waals surface area contributed by atoms with E-state index in [-0.39, 0.29) is 33.8 Å². The average molecular weight is 465 g/mol. The molecule has 1 fully saturated rings. The van der Waals surface area contributed by atoms with Gasteiger partial charge in [0.15, 0.2) is 19.7 Å². The van der Waals surface area contributed by atoms with Crippen LogP contribution in [0.2, 0.25) is 0 Å². The van der Waals surface area contributed by atoms with Crippen molar-refractivity contribution in [3.63, 3.8) is 0 Å². The lowest BCUT2D eigenvalue weighted by molar-refractivity contribution is 0.189. The first-order valence-electron chi connectivity index (χ1n) is 10.0. The number of benzene rings is 1. The van der Waals surface area contributed by atoms with Gasteiger partial charge in [-0.1, -0.05) is 6.92 Å². The molecule has 3 heterocycles. The van der Waals surface area contributed by atoms with Crippen molar-refractivity contribution < 1.29 is 21.6 Å². The Balaban J connectivity index is 1.86. The van der Waals surface area contributed by atoms with Crippen molar-refractivity contribution in [2.45, 2.75) is 30.8 Å². The molecule has 0 aliphatic carbocycles. The first-order valence-corrected chi connectivity index (χ1v) is 13.5. The van der Waals surface area contributed by atoms with E-state index in [0.29, 0.717) is 29.8 Å². The summed E-state index contributed by atoms with van der Waals surface area (Å²) in [5, 5.41) is 0.724. The monoisotopic (exact) mass is 464 g/mol. The van der Waals surface area contributed by atoms with E-state index in [1.165, 1.54) is 16.7 Å². The van der Waals surface area contributed by atoms with Crippen LogP contribution in [0.1, 0.15) is 19.8 Å². The highest BCUT2D eigenvalue weighted by molar-refractivity contribution is 7.91. The van der Waals surface area contributed by atoms with Crippen LogP contribution in [0.15, 0.2) is 52.4 Å². The number of ether oxygens (including phenoxy) is 1. The fraction of sp³-hybridized carbons (Fsp3) is 0.381. The number of fused-ring (bicyclic) bond motifs is 1. The van der Waals surface area contributed by atoms with Crippen LogP contribution in [0.4, 0.5) is 0 Å². The van der Waals surface area contributed by atoms with Crippen molar-refractivity contribution in [2.24, 2.45) is 7.05 Å². The van der Waals surface area contributed by atoms with Crippen LogP contribution in [-0.2, 0) is 26.7 Å². The topological polar surface area (TPSA) is 104 Å². The minimum atomic E-state index is -3.48. The van der Waals surface area contributed by atoms with Gasteiger partial charge in [-0.25, -0.2) is 16.8 Å². The van der Waals surface area contributed by atoms with Crippen LogP contribution in [0.3, 0.4) is 0 Å². The molecule has 0 spiro atoms. The second kappa shape index (κ2) is 7.83. The number of rotatable bonds is 5. The first kappa shape index (κ1) is 21.6. The van der Waals surface area contributed by atoms with Crippen LogP contribution in [0.25, 0.3) is 16.6 Å². The smallest absolute Gasteiger partial charge is 0.275 e. The summed E-state index contributed by atoms with van der Waals surface area (Å²) in [5.41, 5.74) is 0.620. The molecule has 10 heteroatoms. The van der Waals surface area contributed by atoms with Crippen LogP contribution in [0.5, 0.6) is 5.75 Å². The van der Waals surface area contributed by atoms with Crippen molar-refractivity contribution in [2.75, 3.05) is 17.3 Å². The summed E-state index contributed by atoms with van der Waals surface area (Å²) in [6.07, 6.45) is 3.81. The largest absolute Gasteiger partial charge is 0.488 e. The molecule has 1 aliphatic heterocycles. The summed E-state index contributed by atoms with van der Waals surface area (Å²) in [6.45, 7) is 1.57. The Hall–Kier alpha value is -2.59. The lowest BCUT2D eigenvalue weighted by Crippen LogP contribution is -2.31. The van der Waals surface area contributed by atoms with Crippen LogP contribution in [0, 0.1) is 0 Å². The zero-order valence-corrected chi connectivity index (χ0v) is 18.9. The lowest BCUT2D eigenvalue weighted by atomic mass is 10.2. The summed E-state index contributed by atoms with van der Waals surface area (Å²) >= 11 is 0. The van der Waals surface area contributed by atoms with E-state index in [1.807, 2.05) is 6.07 Å². The summed E-state index contributed by atoms with van der Waals surface area (Å²) in [4.78, 5) is 12.9. The Morgan fingerprint density at radius 3 is 2.45 bits per heavy atom. The fourth-order valence-corrected chi connectivity index (χ4v) is 6.10. The molecule has 8 nitrogen and oxygen atoms in total. The summed E-state index contributed by atoms with van der Waals surface area (Å²) in [6, 6.07) is 8.18. The van der Waals surface area contributed by atoms with Gasteiger partial charge in [-0.2, -0.15) is 0 Å². The SMILES string of the molecule is CCS(=O)(=O)c1ccc(OC2CCS(=O)(=O)CC2)c(-n2ccc3ccn(C)c(=O)c32)c1. The molecule has 0 amide bonds. The Bertz CT molecular complexity index is 1400. The molecule has 1 aromatic carbocycles. The summed E-state index contributed by atoms with van der Waals surface area (Å²) < 4.78 is 57.7. The molecule has 2 aromatic heterocycles. The maximum Gasteiger partial charge on any atom is 0.275 e. The summed E-state index contributed by atoms with van der Waals surface area (Å²) in [7, 11) is -4.87. The third-order valence-corrected chi connectivity index (χ3v) is 9.09. The molecular weight excluding hydrogens is 440 g/mol. The van der Waals surface area contributed by atoms with Crippen LogP contribution < -0.4 is 10.3 Å². The van der Waals surface area contributed by atoms with Gasteiger partial charge in [0.25, 0.3) is 5.56 Å². The Kier molecular flexibility index (Phi) is 5.47. The number of aryl methyl sites for hydroxylation is 1. The molecular formula is C21H24N2O6S2. The molecule has 31 heavy (non-hydrogen) atoms. The van der Waals surface area contributed by atoms with Gasteiger partial charge >= 0.3 is 0 Å². The van der Waals surface area contributed by atoms with Gasteiger partial charge in [0.05, 0.1) is 27.8 Å². The predicted octanol–water partition coefficient (Wildman–Crippen LogP) is 2.08. The second-order valence-corrected chi connectivity index (χ2v) is 12.3. The fourth-order valence-electron chi connectivity index (χ4n) is 3.75. The lowest BCUT2D eigenvalue weighted by Gasteiger charge is -2.25. The molecule has 0 unspecified atom stereocenters. The van der Waals surface area contributed by atoms with Gasteiger partial charge < -0.3 is 13.9 Å². The molecule has 0 N–H and O–H groups in total. The van der Waals surface area contributed by atoms with Gasteiger partial charge in [0.1, 0.15) is 17.4 Å². The van der Waals surface area contributed by atoms with Crippen molar-refractivity contribution in [3.05, 3.63) is 53.1 Å². The quantitative estimate of drug-likeness (QED) is 0.573. The van der Waals surface area contributed by atoms with Crippen molar-refractivity contribution >= 4 is 30.6 Å². The molecule has 4 rings (SSSR count). The standard InChI is InChI=1S/C21H24N2O6S2/c1-3-31(27,28)17-4-5-19(29-16-8-12-30(25,26)13-9-16)18(14-17)23-11-7-15-6-10-22(2)21(24)20(15)23/h4-7,10-11,14,16H,3,8-9,12-13H2,1-2H3. The van der Waals surface area contributed by atoms with E-state index in [1.54, 1.807) is 43.1 Å². The third kappa shape index (κ3) is 4.14. The molecule has 0 bridgehead atoms. The normalized spacial score (nSPS) is 17.1. The van der Waals surface area contributed by atoms with Crippen LogP contribution >= 0.6 is 0 Å². The van der Waals surface area contributed by atoms with Gasteiger partial charge in [0, 0.05) is 24.8 Å². The van der Waals surface area contributed by atoms with E-state index < -0.39 is 19.7 Å². The number of hydrogen-bond acceptors (Lipinski definition) is 6. The average Bonchev–Trinajstić information content (AvgIpc) is 3.17. The molecule has 0 radical (unpaired) electrons. The molecule has 166 valence electrons. The second-order valence-electron chi connectivity index (χ2n) is 7.72. The summed E-state index contributed by atoms with van der Waals surface area (Å²) in [5.74, 6) is 0.467. The molecule has 1 saturated heterocycles. The van der Waals surface area contributed by atoms with Crippen LogP contribution in [-0.4, -0.2) is 49.3 Å². The number of pyridine rings is 1. The Labute approximate surface area is 180 Å². The molecule has 1 aliphatic rings. The van der Waals surface area contributed by atoms with Gasteiger partial charge in [0.2, 0.25) is 0 Å². The van der Waals surface area contributed by atoms with E-state index in [4.69, 9.17) is 4.74 Å². The number of sulfone groups is 2. The number of hydrogen-bond donors (Lipinski definition) is 0. The maximum absolute atomic E-state index is 12.8. The van der Waals surface area contributed by atoms with Crippen molar-refractivity contribution in [3.8, 4) is 11.4 Å². The Morgan fingerprint density at radius 1 is 1.10 bits per heavy atom. The highest BCUT2D eigenvalue weighted by Gasteiger charge is 2.26. The number of nitrogens with zero attached hydrogens (tertiary/aromatic N) is 2.